The second-order valence-corrected chi connectivity index (χ2v) is 7.19. The Morgan fingerprint density at radius 3 is 2.07 bits per heavy atom. The van der Waals surface area contributed by atoms with E-state index in [1.54, 1.807) is 0 Å². The third-order valence-corrected chi connectivity index (χ3v) is 5.34. The standard InChI is InChI=1S/C12H18ClP/c1-7-14-10(9(13)8(2)3)11(14)12(4,5)6/h7H,1H2,2-6H3. The smallest absolute Gasteiger partial charge is 0.0479 e. The molecule has 1 aliphatic heterocycles. The fraction of sp³-hybridized carbons (Fsp3) is 0.500. The Bertz CT molecular complexity index is 325. The van der Waals surface area contributed by atoms with Crippen molar-refractivity contribution in [2.24, 2.45) is 5.41 Å². The minimum Gasteiger partial charge on any atom is -0.0980 e. The van der Waals surface area contributed by atoms with Crippen molar-refractivity contribution in [3.8, 4) is 0 Å². The van der Waals surface area contributed by atoms with Crippen molar-refractivity contribution in [3.05, 3.63) is 33.6 Å². The molecule has 1 atom stereocenters. The second-order valence-electron chi connectivity index (χ2n) is 4.81. The van der Waals surface area contributed by atoms with Crippen LogP contribution in [0.5, 0.6) is 0 Å². The van der Waals surface area contributed by atoms with Crippen LogP contribution in [0.1, 0.15) is 34.6 Å². The van der Waals surface area contributed by atoms with Gasteiger partial charge in [-0.25, -0.2) is 0 Å². The molecular weight excluding hydrogens is 211 g/mol. The maximum atomic E-state index is 6.28. The van der Waals surface area contributed by atoms with Gasteiger partial charge in [0.15, 0.2) is 0 Å². The summed E-state index contributed by atoms with van der Waals surface area (Å²) in [6, 6.07) is 0. The van der Waals surface area contributed by atoms with E-state index in [0.29, 0.717) is 0 Å². The Kier molecular flexibility index (Phi) is 3.29. The summed E-state index contributed by atoms with van der Waals surface area (Å²) in [5.41, 5.74) is 1.44. The minimum absolute atomic E-state index is 0.228. The van der Waals surface area contributed by atoms with Crippen LogP contribution >= 0.6 is 19.5 Å². The lowest BCUT2D eigenvalue weighted by atomic mass is 9.96. The van der Waals surface area contributed by atoms with E-state index in [0.717, 1.165) is 5.03 Å². The number of rotatable bonds is 2. The van der Waals surface area contributed by atoms with Crippen molar-refractivity contribution in [1.82, 2.24) is 0 Å². The molecule has 0 aromatic rings. The minimum atomic E-state index is -0.228. The molecule has 1 rings (SSSR count). The van der Waals surface area contributed by atoms with Gasteiger partial charge in [0.25, 0.3) is 0 Å². The number of hydrogen-bond acceptors (Lipinski definition) is 0. The summed E-state index contributed by atoms with van der Waals surface area (Å²) < 4.78 is 0. The van der Waals surface area contributed by atoms with Crippen LogP contribution in [0.2, 0.25) is 0 Å². The summed E-state index contributed by atoms with van der Waals surface area (Å²) >= 11 is 6.28. The van der Waals surface area contributed by atoms with Crippen LogP contribution in [0.3, 0.4) is 0 Å². The van der Waals surface area contributed by atoms with Crippen molar-refractivity contribution in [3.63, 3.8) is 0 Å². The zero-order chi connectivity index (χ0) is 11.1. The Morgan fingerprint density at radius 2 is 1.86 bits per heavy atom. The lowest BCUT2D eigenvalue weighted by Crippen LogP contribution is -2.00. The first-order valence-corrected chi connectivity index (χ1v) is 6.59. The fourth-order valence-corrected chi connectivity index (χ4v) is 4.45. The van der Waals surface area contributed by atoms with Gasteiger partial charge < -0.3 is 0 Å². The average Bonchev–Trinajstić information content (AvgIpc) is 2.75. The van der Waals surface area contributed by atoms with Gasteiger partial charge in [-0.1, -0.05) is 50.3 Å². The van der Waals surface area contributed by atoms with Crippen LogP contribution in [0, 0.1) is 5.41 Å². The predicted molar refractivity (Wildman–Crippen MR) is 67.8 cm³/mol. The molecule has 0 saturated carbocycles. The van der Waals surface area contributed by atoms with Gasteiger partial charge >= 0.3 is 0 Å². The van der Waals surface area contributed by atoms with E-state index in [1.165, 1.54) is 16.2 Å². The molecule has 1 heterocycles. The van der Waals surface area contributed by atoms with E-state index in [1.807, 2.05) is 0 Å². The molecule has 1 aliphatic rings. The van der Waals surface area contributed by atoms with Gasteiger partial charge in [-0.05, 0) is 32.5 Å². The number of hydrogen-bond donors (Lipinski definition) is 0. The molecule has 0 spiro atoms. The second kappa shape index (κ2) is 3.83. The maximum absolute atomic E-state index is 6.28. The van der Waals surface area contributed by atoms with Crippen molar-refractivity contribution in [1.29, 1.82) is 0 Å². The van der Waals surface area contributed by atoms with Crippen LogP contribution in [0.25, 0.3) is 0 Å². The third kappa shape index (κ3) is 2.12. The van der Waals surface area contributed by atoms with Crippen LogP contribution < -0.4 is 0 Å². The highest BCUT2D eigenvalue weighted by Gasteiger charge is 2.42. The first kappa shape index (κ1) is 12.0. The van der Waals surface area contributed by atoms with Crippen LogP contribution in [0.4, 0.5) is 0 Å². The quantitative estimate of drug-likeness (QED) is 0.554. The normalized spacial score (nSPS) is 20.9. The maximum Gasteiger partial charge on any atom is 0.0479 e. The Hall–Kier alpha value is -0.0600. The Morgan fingerprint density at radius 1 is 1.36 bits per heavy atom. The third-order valence-electron chi connectivity index (χ3n) is 2.20. The predicted octanol–water partition coefficient (Wildman–Crippen LogP) is 5.42. The van der Waals surface area contributed by atoms with Gasteiger partial charge in [0.2, 0.25) is 0 Å². The molecule has 0 saturated heterocycles. The molecular formula is C12H18ClP. The largest absolute Gasteiger partial charge is 0.0980 e. The first-order valence-electron chi connectivity index (χ1n) is 4.80. The van der Waals surface area contributed by atoms with Crippen LogP contribution in [-0.2, 0) is 0 Å². The molecule has 0 N–H and O–H groups in total. The molecule has 0 aromatic heterocycles. The van der Waals surface area contributed by atoms with E-state index >= 15 is 0 Å². The zero-order valence-corrected chi connectivity index (χ0v) is 11.3. The van der Waals surface area contributed by atoms with Gasteiger partial charge in [-0.15, -0.1) is 0 Å². The Labute approximate surface area is 93.5 Å². The number of allylic oxidation sites excluding steroid dienone is 4. The monoisotopic (exact) mass is 228 g/mol. The van der Waals surface area contributed by atoms with E-state index < -0.39 is 0 Å². The summed E-state index contributed by atoms with van der Waals surface area (Å²) in [4.78, 5) is 0. The first-order chi connectivity index (χ1) is 6.30. The summed E-state index contributed by atoms with van der Waals surface area (Å²) in [5.74, 6) is 2.05. The van der Waals surface area contributed by atoms with Crippen molar-refractivity contribution >= 4 is 19.5 Å². The highest BCUT2D eigenvalue weighted by atomic mass is 35.5. The summed E-state index contributed by atoms with van der Waals surface area (Å²) in [7, 11) is -0.228. The van der Waals surface area contributed by atoms with Gasteiger partial charge in [0.05, 0.1) is 0 Å². The van der Waals surface area contributed by atoms with E-state index in [-0.39, 0.29) is 13.3 Å². The molecule has 78 valence electrons. The van der Waals surface area contributed by atoms with E-state index in [2.05, 4.69) is 47.0 Å². The summed E-state index contributed by atoms with van der Waals surface area (Å²) in [6.45, 7) is 14.7. The van der Waals surface area contributed by atoms with E-state index in [9.17, 15) is 0 Å². The lowest BCUT2D eigenvalue weighted by molar-refractivity contribution is 0.537. The van der Waals surface area contributed by atoms with Crippen molar-refractivity contribution < 1.29 is 0 Å². The van der Waals surface area contributed by atoms with Crippen LogP contribution in [0.15, 0.2) is 33.6 Å². The SMILES string of the molecule is C=CP1C(C(Cl)=C(C)C)=C1C(C)(C)C. The summed E-state index contributed by atoms with van der Waals surface area (Å²) in [6.07, 6.45) is 0. The molecule has 0 amide bonds. The van der Waals surface area contributed by atoms with Crippen LogP contribution in [-0.4, -0.2) is 0 Å². The average molecular weight is 229 g/mol. The highest BCUT2D eigenvalue weighted by molar-refractivity contribution is 7.77. The van der Waals surface area contributed by atoms with Gasteiger partial charge in [0.1, 0.15) is 0 Å². The zero-order valence-electron chi connectivity index (χ0n) is 9.61. The molecule has 0 nitrogen and oxygen atoms in total. The van der Waals surface area contributed by atoms with Crippen molar-refractivity contribution in [2.75, 3.05) is 0 Å². The lowest BCUT2D eigenvalue weighted by Gasteiger charge is -2.13. The molecule has 0 bridgehead atoms. The fourth-order valence-electron chi connectivity index (χ4n) is 1.52. The van der Waals surface area contributed by atoms with Gasteiger partial charge in [0, 0.05) is 10.3 Å². The van der Waals surface area contributed by atoms with Gasteiger partial charge in [-0.2, -0.15) is 0 Å². The highest BCUT2D eigenvalue weighted by Crippen LogP contribution is 2.78. The van der Waals surface area contributed by atoms with E-state index in [4.69, 9.17) is 11.6 Å². The topological polar surface area (TPSA) is 0 Å². The molecule has 0 radical (unpaired) electrons. The molecule has 0 aromatic carbocycles. The molecule has 14 heavy (non-hydrogen) atoms. The molecule has 0 aliphatic carbocycles. The van der Waals surface area contributed by atoms with Crippen molar-refractivity contribution in [2.45, 2.75) is 34.6 Å². The summed E-state index contributed by atoms with van der Waals surface area (Å²) in [5, 5.41) is 3.83. The molecule has 0 fully saturated rings. The van der Waals surface area contributed by atoms with Gasteiger partial charge in [-0.3, -0.25) is 0 Å². The Balaban J connectivity index is 3.06. The molecule has 2 heteroatoms. The number of halogens is 1. The molecule has 1 unspecified atom stereocenters.